The van der Waals surface area contributed by atoms with Crippen LogP contribution in [0.25, 0.3) is 5.57 Å². The summed E-state index contributed by atoms with van der Waals surface area (Å²) in [4.78, 5) is 10.8. The number of hydrogen-bond acceptors (Lipinski definition) is 2. The number of rotatable bonds is 7. The van der Waals surface area contributed by atoms with Gasteiger partial charge in [0, 0.05) is 6.42 Å². The summed E-state index contributed by atoms with van der Waals surface area (Å²) < 4.78 is 31.9. The van der Waals surface area contributed by atoms with Crippen LogP contribution in [0.1, 0.15) is 25.3 Å². The number of alkyl halides is 1. The SMILES string of the molecule is C/C(F)=C\C=C(/CF)c1cccc(OC2=CC=CC(CC(=O)O)C2)c1. The van der Waals surface area contributed by atoms with Gasteiger partial charge in [-0.1, -0.05) is 30.4 Å². The van der Waals surface area contributed by atoms with Crippen molar-refractivity contribution in [2.24, 2.45) is 5.92 Å². The fraction of sp³-hybridized carbons (Fsp3) is 0.250. The molecule has 3 nitrogen and oxygen atoms in total. The summed E-state index contributed by atoms with van der Waals surface area (Å²) in [5, 5.41) is 8.89. The molecular weight excluding hydrogens is 326 g/mol. The van der Waals surface area contributed by atoms with Crippen molar-refractivity contribution in [1.29, 1.82) is 0 Å². The minimum atomic E-state index is -0.855. The molecule has 0 amide bonds. The van der Waals surface area contributed by atoms with Crippen LogP contribution in [0.3, 0.4) is 0 Å². The summed E-state index contributed by atoms with van der Waals surface area (Å²) in [5.74, 6) is -0.196. The first-order valence-electron chi connectivity index (χ1n) is 7.94. The lowest BCUT2D eigenvalue weighted by Crippen LogP contribution is -2.11. The highest BCUT2D eigenvalue weighted by Crippen LogP contribution is 2.27. The van der Waals surface area contributed by atoms with Gasteiger partial charge in [0.2, 0.25) is 0 Å². The highest BCUT2D eigenvalue weighted by molar-refractivity contribution is 5.69. The van der Waals surface area contributed by atoms with E-state index in [1.807, 2.05) is 6.08 Å². The Balaban J connectivity index is 2.13. The third kappa shape index (κ3) is 6.03. The van der Waals surface area contributed by atoms with E-state index in [9.17, 15) is 13.6 Å². The Morgan fingerprint density at radius 2 is 2.20 bits per heavy atom. The zero-order valence-corrected chi connectivity index (χ0v) is 13.9. The molecule has 2 rings (SSSR count). The van der Waals surface area contributed by atoms with Gasteiger partial charge < -0.3 is 9.84 Å². The maximum atomic E-state index is 13.2. The molecule has 1 unspecified atom stereocenters. The fourth-order valence-corrected chi connectivity index (χ4v) is 2.50. The average Bonchev–Trinajstić information content (AvgIpc) is 2.55. The lowest BCUT2D eigenvalue weighted by molar-refractivity contribution is -0.137. The first-order chi connectivity index (χ1) is 12.0. The number of halogens is 2. The van der Waals surface area contributed by atoms with Crippen molar-refractivity contribution in [3.63, 3.8) is 0 Å². The minimum absolute atomic E-state index is 0.0426. The van der Waals surface area contributed by atoms with Crippen molar-refractivity contribution in [1.82, 2.24) is 0 Å². The molecule has 132 valence electrons. The van der Waals surface area contributed by atoms with Crippen molar-refractivity contribution in [3.8, 4) is 5.75 Å². The van der Waals surface area contributed by atoms with Gasteiger partial charge in [0.05, 0.1) is 12.2 Å². The van der Waals surface area contributed by atoms with E-state index < -0.39 is 18.5 Å². The van der Waals surface area contributed by atoms with Crippen molar-refractivity contribution < 1.29 is 23.4 Å². The molecule has 0 heterocycles. The van der Waals surface area contributed by atoms with Crippen molar-refractivity contribution in [2.45, 2.75) is 19.8 Å². The molecule has 1 aliphatic carbocycles. The third-order valence-electron chi connectivity index (χ3n) is 3.68. The number of ether oxygens (including phenoxy) is 1. The van der Waals surface area contributed by atoms with Gasteiger partial charge in [0.15, 0.2) is 0 Å². The molecule has 0 saturated carbocycles. The summed E-state index contributed by atoms with van der Waals surface area (Å²) in [6.45, 7) is 0.571. The van der Waals surface area contributed by atoms with Gasteiger partial charge >= 0.3 is 5.97 Å². The molecule has 1 atom stereocenters. The van der Waals surface area contributed by atoms with Gasteiger partial charge in [-0.15, -0.1) is 0 Å². The smallest absolute Gasteiger partial charge is 0.303 e. The van der Waals surface area contributed by atoms with Crippen LogP contribution in [0.5, 0.6) is 5.75 Å². The van der Waals surface area contributed by atoms with Gasteiger partial charge in [0.1, 0.15) is 18.2 Å². The summed E-state index contributed by atoms with van der Waals surface area (Å²) >= 11 is 0. The number of aliphatic carboxylic acids is 1. The maximum Gasteiger partial charge on any atom is 0.303 e. The Hall–Kier alpha value is -2.69. The second-order valence-corrected chi connectivity index (χ2v) is 5.79. The van der Waals surface area contributed by atoms with Crippen LogP contribution in [0.15, 0.2) is 66.2 Å². The van der Waals surface area contributed by atoms with Crippen LogP contribution in [-0.2, 0) is 4.79 Å². The van der Waals surface area contributed by atoms with Crippen LogP contribution in [0.4, 0.5) is 8.78 Å². The van der Waals surface area contributed by atoms with Gasteiger partial charge in [-0.25, -0.2) is 8.78 Å². The Morgan fingerprint density at radius 3 is 2.88 bits per heavy atom. The summed E-state index contributed by atoms with van der Waals surface area (Å²) in [6, 6.07) is 6.87. The Morgan fingerprint density at radius 1 is 1.40 bits per heavy atom. The minimum Gasteiger partial charge on any atom is -0.481 e. The predicted molar refractivity (Wildman–Crippen MR) is 93.5 cm³/mol. The lowest BCUT2D eigenvalue weighted by Gasteiger charge is -2.18. The molecule has 1 aromatic carbocycles. The van der Waals surface area contributed by atoms with E-state index in [4.69, 9.17) is 9.84 Å². The summed E-state index contributed by atoms with van der Waals surface area (Å²) in [6.07, 6.45) is 8.55. The number of carbonyl (C=O) groups is 1. The first kappa shape index (κ1) is 18.6. The monoisotopic (exact) mass is 346 g/mol. The van der Waals surface area contributed by atoms with E-state index in [0.717, 1.165) is 0 Å². The van der Waals surface area contributed by atoms with Crippen molar-refractivity contribution in [3.05, 3.63) is 71.8 Å². The molecule has 0 spiro atoms. The zero-order chi connectivity index (χ0) is 18.2. The Kier molecular flexibility index (Phi) is 6.69. The molecule has 1 N–H and O–H groups in total. The standard InChI is InChI=1S/C20H20F2O3/c1-14(22)8-9-17(13-21)16-5-3-7-19(12-16)25-18-6-2-4-15(10-18)11-20(23)24/h2-9,12,15H,10-11,13H2,1H3,(H,23,24)/b14-8+,17-9+. The topological polar surface area (TPSA) is 46.5 Å². The second-order valence-electron chi connectivity index (χ2n) is 5.79. The number of allylic oxidation sites excluding steroid dienone is 8. The number of carboxylic acid groups (broad SMARTS) is 1. The largest absolute Gasteiger partial charge is 0.481 e. The van der Waals surface area contributed by atoms with Crippen LogP contribution >= 0.6 is 0 Å². The summed E-state index contributed by atoms with van der Waals surface area (Å²) in [5.41, 5.74) is 0.954. The van der Waals surface area contributed by atoms with E-state index in [1.165, 1.54) is 19.1 Å². The molecule has 0 aliphatic heterocycles. The third-order valence-corrected chi connectivity index (χ3v) is 3.68. The van der Waals surface area contributed by atoms with Gasteiger partial charge in [-0.2, -0.15) is 0 Å². The highest BCUT2D eigenvalue weighted by Gasteiger charge is 2.16. The van der Waals surface area contributed by atoms with Crippen LogP contribution in [0.2, 0.25) is 0 Å². The van der Waals surface area contributed by atoms with Crippen LogP contribution in [-0.4, -0.2) is 17.8 Å². The van der Waals surface area contributed by atoms with E-state index >= 15 is 0 Å². The number of benzene rings is 1. The van der Waals surface area contributed by atoms with E-state index in [-0.39, 0.29) is 12.3 Å². The molecule has 1 aromatic rings. The molecule has 0 bridgehead atoms. The van der Waals surface area contributed by atoms with Gasteiger partial charge in [-0.05, 0) is 48.3 Å². The maximum absolute atomic E-state index is 13.2. The van der Waals surface area contributed by atoms with Gasteiger partial charge in [0.25, 0.3) is 0 Å². The molecule has 25 heavy (non-hydrogen) atoms. The Labute approximate surface area is 145 Å². The molecule has 0 fully saturated rings. The van der Waals surface area contributed by atoms with Crippen LogP contribution in [0, 0.1) is 5.92 Å². The second kappa shape index (κ2) is 8.97. The fourth-order valence-electron chi connectivity index (χ4n) is 2.50. The van der Waals surface area contributed by atoms with E-state index in [0.29, 0.717) is 29.1 Å². The molecule has 1 aliphatic rings. The zero-order valence-electron chi connectivity index (χ0n) is 13.9. The first-order valence-corrected chi connectivity index (χ1v) is 7.94. The van der Waals surface area contributed by atoms with E-state index in [2.05, 4.69) is 0 Å². The lowest BCUT2D eigenvalue weighted by atomic mass is 9.96. The normalized spacial score (nSPS) is 18.0. The predicted octanol–water partition coefficient (Wildman–Crippen LogP) is 5.23. The highest BCUT2D eigenvalue weighted by atomic mass is 19.1. The van der Waals surface area contributed by atoms with Gasteiger partial charge in [-0.3, -0.25) is 4.79 Å². The van der Waals surface area contributed by atoms with Crippen molar-refractivity contribution >= 4 is 11.5 Å². The molecular formula is C20H20F2O3. The molecule has 0 radical (unpaired) electrons. The summed E-state index contributed by atoms with van der Waals surface area (Å²) in [7, 11) is 0. The van der Waals surface area contributed by atoms with Crippen LogP contribution < -0.4 is 4.74 Å². The molecule has 0 saturated heterocycles. The molecule has 5 heteroatoms. The quantitative estimate of drug-likeness (QED) is 0.688. The Bertz CT molecular complexity index is 741. The van der Waals surface area contributed by atoms with Crippen molar-refractivity contribution in [2.75, 3.05) is 6.67 Å². The molecule has 0 aromatic heterocycles. The number of hydrogen-bond donors (Lipinski definition) is 1. The number of carboxylic acids is 1. The average molecular weight is 346 g/mol. The van der Waals surface area contributed by atoms with E-state index in [1.54, 1.807) is 36.4 Å².